The van der Waals surface area contributed by atoms with Gasteiger partial charge >= 0.3 is 12.1 Å². The van der Waals surface area contributed by atoms with E-state index in [0.29, 0.717) is 5.56 Å². The van der Waals surface area contributed by atoms with Crippen molar-refractivity contribution in [2.24, 2.45) is 0 Å². The molecular weight excluding hydrogens is 335 g/mol. The molecule has 0 bridgehead atoms. The standard InChI is InChI=1S/C14H16F3NO4S/c1-2-22-13(20)11-9(8-3-4-8)6-23-12(11)18-10(19)5-21-7-14(15,16)17/h6,8H,2-5,7H2,1H3,(H,18,19). The number of ether oxygens (including phenoxy) is 2. The molecule has 5 nitrogen and oxygen atoms in total. The number of rotatable bonds is 7. The number of halogens is 3. The van der Waals surface area contributed by atoms with Crippen LogP contribution in [0.3, 0.4) is 0 Å². The third-order valence-corrected chi connectivity index (χ3v) is 3.98. The lowest BCUT2D eigenvalue weighted by Gasteiger charge is -2.09. The zero-order valence-electron chi connectivity index (χ0n) is 12.4. The molecule has 1 fully saturated rings. The van der Waals surface area contributed by atoms with Crippen LogP contribution in [0.25, 0.3) is 0 Å². The Balaban J connectivity index is 2.01. The molecule has 0 spiro atoms. The summed E-state index contributed by atoms with van der Waals surface area (Å²) in [5.74, 6) is -1.01. The number of hydrogen-bond donors (Lipinski definition) is 1. The third kappa shape index (κ3) is 5.21. The Bertz CT molecular complexity index is 581. The smallest absolute Gasteiger partial charge is 0.411 e. The highest BCUT2D eigenvalue weighted by Crippen LogP contribution is 2.46. The van der Waals surface area contributed by atoms with Gasteiger partial charge in [0.2, 0.25) is 0 Å². The van der Waals surface area contributed by atoms with E-state index in [2.05, 4.69) is 10.1 Å². The Labute approximate surface area is 134 Å². The maximum Gasteiger partial charge on any atom is 0.411 e. The van der Waals surface area contributed by atoms with Crippen molar-refractivity contribution >= 4 is 28.2 Å². The molecule has 23 heavy (non-hydrogen) atoms. The van der Waals surface area contributed by atoms with Gasteiger partial charge in [-0.3, -0.25) is 4.79 Å². The molecular formula is C14H16F3NO4S. The van der Waals surface area contributed by atoms with Crippen LogP contribution in [0, 0.1) is 0 Å². The molecule has 1 amide bonds. The van der Waals surface area contributed by atoms with Gasteiger partial charge in [0.25, 0.3) is 5.91 Å². The van der Waals surface area contributed by atoms with Crippen LogP contribution in [0.2, 0.25) is 0 Å². The largest absolute Gasteiger partial charge is 0.462 e. The number of hydrogen-bond acceptors (Lipinski definition) is 5. The minimum atomic E-state index is -4.49. The van der Waals surface area contributed by atoms with Crippen molar-refractivity contribution in [3.63, 3.8) is 0 Å². The quantitative estimate of drug-likeness (QED) is 0.766. The Kier molecular flexibility index (Phi) is 5.64. The minimum absolute atomic E-state index is 0.195. The number of nitrogens with one attached hydrogen (secondary N) is 1. The van der Waals surface area contributed by atoms with Crippen LogP contribution < -0.4 is 5.32 Å². The van der Waals surface area contributed by atoms with E-state index in [4.69, 9.17) is 4.74 Å². The Morgan fingerprint density at radius 3 is 2.65 bits per heavy atom. The molecule has 1 N–H and O–H groups in total. The van der Waals surface area contributed by atoms with E-state index in [0.717, 1.165) is 29.7 Å². The van der Waals surface area contributed by atoms with Gasteiger partial charge in [-0.15, -0.1) is 11.3 Å². The Hall–Kier alpha value is -1.61. The summed E-state index contributed by atoms with van der Waals surface area (Å²) in [7, 11) is 0. The van der Waals surface area contributed by atoms with Crippen molar-refractivity contribution in [2.45, 2.75) is 31.9 Å². The number of alkyl halides is 3. The molecule has 128 valence electrons. The second-order valence-corrected chi connectivity index (χ2v) is 5.93. The van der Waals surface area contributed by atoms with Crippen LogP contribution in [0.15, 0.2) is 5.38 Å². The number of anilines is 1. The van der Waals surface area contributed by atoms with Gasteiger partial charge in [-0.2, -0.15) is 13.2 Å². The van der Waals surface area contributed by atoms with Crippen LogP contribution in [0.5, 0.6) is 0 Å². The molecule has 1 heterocycles. The summed E-state index contributed by atoms with van der Waals surface area (Å²) >= 11 is 1.16. The predicted octanol–water partition coefficient (Wildman–Crippen LogP) is 3.32. The van der Waals surface area contributed by atoms with E-state index in [-0.39, 0.29) is 17.5 Å². The van der Waals surface area contributed by atoms with Crippen molar-refractivity contribution in [1.82, 2.24) is 0 Å². The molecule has 0 unspecified atom stereocenters. The highest BCUT2D eigenvalue weighted by Gasteiger charge is 2.32. The highest BCUT2D eigenvalue weighted by atomic mass is 32.1. The monoisotopic (exact) mass is 351 g/mol. The van der Waals surface area contributed by atoms with E-state index in [1.807, 2.05) is 0 Å². The topological polar surface area (TPSA) is 64.6 Å². The summed E-state index contributed by atoms with van der Waals surface area (Å²) in [6, 6.07) is 0. The lowest BCUT2D eigenvalue weighted by molar-refractivity contribution is -0.174. The number of amides is 1. The predicted molar refractivity (Wildman–Crippen MR) is 77.8 cm³/mol. The molecule has 1 aromatic rings. The van der Waals surface area contributed by atoms with Gasteiger partial charge in [-0.05, 0) is 36.6 Å². The Morgan fingerprint density at radius 1 is 1.39 bits per heavy atom. The van der Waals surface area contributed by atoms with E-state index in [9.17, 15) is 22.8 Å². The normalized spacial score (nSPS) is 14.6. The molecule has 2 rings (SSSR count). The molecule has 0 saturated heterocycles. The van der Waals surface area contributed by atoms with Crippen molar-refractivity contribution in [3.05, 3.63) is 16.5 Å². The minimum Gasteiger partial charge on any atom is -0.462 e. The van der Waals surface area contributed by atoms with Crippen LogP contribution in [-0.4, -0.2) is 37.9 Å². The molecule has 9 heteroatoms. The van der Waals surface area contributed by atoms with Crippen LogP contribution in [0.4, 0.5) is 18.2 Å². The molecule has 1 aromatic heterocycles. The van der Waals surface area contributed by atoms with Gasteiger partial charge in [0.05, 0.1) is 12.2 Å². The maximum absolute atomic E-state index is 12.1. The fourth-order valence-corrected chi connectivity index (χ4v) is 3.04. The van der Waals surface area contributed by atoms with Crippen LogP contribution >= 0.6 is 11.3 Å². The number of thiophene rings is 1. The summed E-state index contributed by atoms with van der Waals surface area (Å²) in [6.45, 7) is -0.369. The fraction of sp³-hybridized carbons (Fsp3) is 0.571. The second-order valence-electron chi connectivity index (χ2n) is 5.05. The van der Waals surface area contributed by atoms with E-state index >= 15 is 0 Å². The van der Waals surface area contributed by atoms with Crippen molar-refractivity contribution in [1.29, 1.82) is 0 Å². The number of carbonyl (C=O) groups excluding carboxylic acids is 2. The maximum atomic E-state index is 12.1. The molecule has 0 atom stereocenters. The SMILES string of the molecule is CCOC(=O)c1c(C2CC2)csc1NC(=O)COCC(F)(F)F. The number of carbonyl (C=O) groups is 2. The van der Waals surface area contributed by atoms with Gasteiger partial charge < -0.3 is 14.8 Å². The molecule has 0 radical (unpaired) electrons. The van der Waals surface area contributed by atoms with E-state index in [1.54, 1.807) is 12.3 Å². The van der Waals surface area contributed by atoms with Crippen molar-refractivity contribution < 1.29 is 32.2 Å². The van der Waals surface area contributed by atoms with Gasteiger partial charge in [0, 0.05) is 0 Å². The second kappa shape index (κ2) is 7.31. The van der Waals surface area contributed by atoms with Gasteiger partial charge in [0.15, 0.2) is 0 Å². The summed E-state index contributed by atoms with van der Waals surface area (Å²) in [5.41, 5.74) is 1.11. The fourth-order valence-electron chi connectivity index (χ4n) is 1.99. The van der Waals surface area contributed by atoms with Crippen molar-refractivity contribution in [3.8, 4) is 0 Å². The summed E-state index contributed by atoms with van der Waals surface area (Å²) in [5, 5.41) is 4.48. The molecule has 0 aliphatic heterocycles. The first kappa shape index (κ1) is 17.7. The van der Waals surface area contributed by atoms with Crippen LogP contribution in [-0.2, 0) is 14.3 Å². The number of esters is 1. The first-order valence-corrected chi connectivity index (χ1v) is 7.92. The Morgan fingerprint density at radius 2 is 2.09 bits per heavy atom. The summed E-state index contributed by atoms with van der Waals surface area (Å²) in [6.07, 6.45) is -2.56. The summed E-state index contributed by atoms with van der Waals surface area (Å²) in [4.78, 5) is 23.7. The average Bonchev–Trinajstić information content (AvgIpc) is 3.19. The first-order chi connectivity index (χ1) is 10.8. The van der Waals surface area contributed by atoms with Gasteiger partial charge in [-0.1, -0.05) is 0 Å². The van der Waals surface area contributed by atoms with E-state index < -0.39 is 31.3 Å². The molecule has 1 aliphatic carbocycles. The van der Waals surface area contributed by atoms with E-state index in [1.165, 1.54) is 0 Å². The zero-order valence-corrected chi connectivity index (χ0v) is 13.2. The molecule has 1 saturated carbocycles. The lowest BCUT2D eigenvalue weighted by atomic mass is 10.1. The van der Waals surface area contributed by atoms with Gasteiger partial charge in [0.1, 0.15) is 18.2 Å². The molecule has 0 aromatic carbocycles. The van der Waals surface area contributed by atoms with Crippen LogP contribution in [0.1, 0.15) is 41.6 Å². The third-order valence-electron chi connectivity index (χ3n) is 3.07. The zero-order chi connectivity index (χ0) is 17.0. The molecule has 1 aliphatic rings. The lowest BCUT2D eigenvalue weighted by Crippen LogP contribution is -2.24. The van der Waals surface area contributed by atoms with Gasteiger partial charge in [-0.25, -0.2) is 4.79 Å². The van der Waals surface area contributed by atoms with Crippen molar-refractivity contribution in [2.75, 3.05) is 25.1 Å². The highest BCUT2D eigenvalue weighted by molar-refractivity contribution is 7.15. The summed E-state index contributed by atoms with van der Waals surface area (Å²) < 4.78 is 45.2. The average molecular weight is 351 g/mol. The first-order valence-electron chi connectivity index (χ1n) is 7.04.